The van der Waals surface area contributed by atoms with E-state index in [2.05, 4.69) is 10.3 Å². The highest BCUT2D eigenvalue weighted by molar-refractivity contribution is 7.89. The average Bonchev–Trinajstić information content (AvgIpc) is 3.16. The van der Waals surface area contributed by atoms with Gasteiger partial charge in [-0.3, -0.25) is 9.78 Å². The summed E-state index contributed by atoms with van der Waals surface area (Å²) in [4.78, 5) is 16.3. The Bertz CT molecular complexity index is 799. The summed E-state index contributed by atoms with van der Waals surface area (Å²) < 4.78 is 26.4. The second kappa shape index (κ2) is 7.11. The number of sulfonamides is 1. The van der Waals surface area contributed by atoms with E-state index < -0.39 is 10.0 Å². The first kappa shape index (κ1) is 16.6. The van der Waals surface area contributed by atoms with Crippen molar-refractivity contribution < 1.29 is 13.2 Å². The molecule has 7 heteroatoms. The standard InChI is InChI=1S/C17H19N3O3S/c21-17(19-13-14-7-9-18-10-8-14)15-3-5-16(6-4-15)24(22,23)20-11-1-2-12-20/h3-10H,1-2,11-13H2,(H,19,21). The van der Waals surface area contributed by atoms with Gasteiger partial charge in [-0.25, -0.2) is 8.42 Å². The van der Waals surface area contributed by atoms with Crippen LogP contribution in [0, 0.1) is 0 Å². The van der Waals surface area contributed by atoms with Crippen LogP contribution >= 0.6 is 0 Å². The van der Waals surface area contributed by atoms with E-state index in [0.29, 0.717) is 25.2 Å². The molecule has 24 heavy (non-hydrogen) atoms. The summed E-state index contributed by atoms with van der Waals surface area (Å²) in [5, 5.41) is 2.80. The highest BCUT2D eigenvalue weighted by Crippen LogP contribution is 2.21. The van der Waals surface area contributed by atoms with Crippen molar-refractivity contribution >= 4 is 15.9 Å². The number of carbonyl (C=O) groups is 1. The zero-order valence-electron chi connectivity index (χ0n) is 13.2. The van der Waals surface area contributed by atoms with Gasteiger partial charge >= 0.3 is 0 Å². The number of hydrogen-bond acceptors (Lipinski definition) is 4. The molecule has 6 nitrogen and oxygen atoms in total. The predicted molar refractivity (Wildman–Crippen MR) is 89.8 cm³/mol. The van der Waals surface area contributed by atoms with Crippen LogP contribution in [0.4, 0.5) is 0 Å². The van der Waals surface area contributed by atoms with Crippen LogP contribution in [0.15, 0.2) is 53.7 Å². The quantitative estimate of drug-likeness (QED) is 0.896. The lowest BCUT2D eigenvalue weighted by atomic mass is 10.2. The van der Waals surface area contributed by atoms with Crippen LogP contribution < -0.4 is 5.32 Å². The minimum Gasteiger partial charge on any atom is -0.348 e. The van der Waals surface area contributed by atoms with E-state index in [1.807, 2.05) is 12.1 Å². The number of rotatable bonds is 5. The van der Waals surface area contributed by atoms with E-state index >= 15 is 0 Å². The Balaban J connectivity index is 1.66. The topological polar surface area (TPSA) is 79.4 Å². The smallest absolute Gasteiger partial charge is 0.251 e. The normalized spacial score (nSPS) is 15.3. The van der Waals surface area contributed by atoms with Crippen LogP contribution in [0.5, 0.6) is 0 Å². The number of amides is 1. The Morgan fingerprint density at radius 3 is 2.29 bits per heavy atom. The third-order valence-electron chi connectivity index (χ3n) is 4.02. The number of aromatic nitrogens is 1. The van der Waals surface area contributed by atoms with Crippen molar-refractivity contribution in [3.8, 4) is 0 Å². The summed E-state index contributed by atoms with van der Waals surface area (Å²) in [6.45, 7) is 1.53. The molecule has 1 fully saturated rings. The minimum atomic E-state index is -3.44. The lowest BCUT2D eigenvalue weighted by molar-refractivity contribution is 0.0951. The van der Waals surface area contributed by atoms with Crippen molar-refractivity contribution in [1.29, 1.82) is 0 Å². The Hall–Kier alpha value is -2.25. The molecule has 0 unspecified atom stereocenters. The van der Waals surface area contributed by atoms with Gasteiger partial charge in [-0.1, -0.05) is 0 Å². The molecule has 0 radical (unpaired) electrons. The fraction of sp³-hybridized carbons (Fsp3) is 0.294. The van der Waals surface area contributed by atoms with Crippen LogP contribution in [-0.4, -0.2) is 36.7 Å². The lowest BCUT2D eigenvalue weighted by Crippen LogP contribution is -2.28. The highest BCUT2D eigenvalue weighted by Gasteiger charge is 2.27. The van der Waals surface area contributed by atoms with Crippen LogP contribution in [-0.2, 0) is 16.6 Å². The van der Waals surface area contributed by atoms with Crippen molar-refractivity contribution in [3.05, 3.63) is 59.9 Å². The summed E-state index contributed by atoms with van der Waals surface area (Å²) >= 11 is 0. The van der Waals surface area contributed by atoms with E-state index in [1.54, 1.807) is 24.5 Å². The third kappa shape index (κ3) is 3.63. The predicted octanol–water partition coefficient (Wildman–Crippen LogP) is 1.80. The van der Waals surface area contributed by atoms with Crippen molar-refractivity contribution in [2.45, 2.75) is 24.3 Å². The monoisotopic (exact) mass is 345 g/mol. The molecule has 0 atom stereocenters. The van der Waals surface area contributed by atoms with Gasteiger partial charge in [-0.15, -0.1) is 0 Å². The summed E-state index contributed by atoms with van der Waals surface area (Å²) in [5.41, 5.74) is 1.39. The van der Waals surface area contributed by atoms with Gasteiger partial charge in [-0.05, 0) is 54.8 Å². The Kier molecular flexibility index (Phi) is 4.92. The van der Waals surface area contributed by atoms with Crippen molar-refractivity contribution in [2.75, 3.05) is 13.1 Å². The zero-order valence-corrected chi connectivity index (χ0v) is 14.0. The molecular formula is C17H19N3O3S. The minimum absolute atomic E-state index is 0.232. The molecule has 1 saturated heterocycles. The molecule has 3 rings (SSSR count). The zero-order chi connectivity index (χ0) is 17.0. The van der Waals surface area contributed by atoms with E-state index in [1.165, 1.54) is 16.4 Å². The molecule has 0 aliphatic carbocycles. The van der Waals surface area contributed by atoms with Crippen LogP contribution in [0.1, 0.15) is 28.8 Å². The Morgan fingerprint density at radius 1 is 1.04 bits per heavy atom. The largest absolute Gasteiger partial charge is 0.348 e. The summed E-state index contributed by atoms with van der Waals surface area (Å²) in [5.74, 6) is -0.239. The molecular weight excluding hydrogens is 326 g/mol. The second-order valence-corrected chi connectivity index (χ2v) is 7.61. The molecule has 1 amide bonds. The molecule has 2 heterocycles. The van der Waals surface area contributed by atoms with E-state index in [9.17, 15) is 13.2 Å². The third-order valence-corrected chi connectivity index (χ3v) is 5.93. The number of pyridine rings is 1. The summed E-state index contributed by atoms with van der Waals surface area (Å²) in [6.07, 6.45) is 5.13. The van der Waals surface area contributed by atoms with Gasteiger partial charge in [0.25, 0.3) is 5.91 Å². The van der Waals surface area contributed by atoms with Gasteiger partial charge < -0.3 is 5.32 Å². The first-order chi connectivity index (χ1) is 11.6. The van der Waals surface area contributed by atoms with Crippen LogP contribution in [0.2, 0.25) is 0 Å². The number of carbonyl (C=O) groups excluding carboxylic acids is 1. The van der Waals surface area contributed by atoms with Crippen molar-refractivity contribution in [3.63, 3.8) is 0 Å². The van der Waals surface area contributed by atoms with E-state index in [4.69, 9.17) is 0 Å². The molecule has 0 spiro atoms. The Morgan fingerprint density at radius 2 is 1.67 bits per heavy atom. The molecule has 2 aromatic rings. The fourth-order valence-corrected chi connectivity index (χ4v) is 4.16. The lowest BCUT2D eigenvalue weighted by Gasteiger charge is -2.15. The van der Waals surface area contributed by atoms with Gasteiger partial charge in [0, 0.05) is 37.6 Å². The molecule has 0 saturated carbocycles. The molecule has 0 bridgehead atoms. The number of nitrogens with one attached hydrogen (secondary N) is 1. The summed E-state index contributed by atoms with van der Waals surface area (Å²) in [6, 6.07) is 9.73. The molecule has 1 aliphatic heterocycles. The van der Waals surface area contributed by atoms with Gasteiger partial charge in [0.05, 0.1) is 4.90 Å². The van der Waals surface area contributed by atoms with Gasteiger partial charge in [0.15, 0.2) is 0 Å². The van der Waals surface area contributed by atoms with E-state index in [0.717, 1.165) is 18.4 Å². The van der Waals surface area contributed by atoms with Gasteiger partial charge in [0.1, 0.15) is 0 Å². The maximum Gasteiger partial charge on any atom is 0.251 e. The number of benzene rings is 1. The van der Waals surface area contributed by atoms with Gasteiger partial charge in [-0.2, -0.15) is 4.31 Å². The molecule has 1 aliphatic rings. The highest BCUT2D eigenvalue weighted by atomic mass is 32.2. The number of nitrogens with zero attached hydrogens (tertiary/aromatic N) is 2. The maximum atomic E-state index is 12.4. The SMILES string of the molecule is O=C(NCc1ccncc1)c1ccc(S(=O)(=O)N2CCCC2)cc1. The molecule has 126 valence electrons. The second-order valence-electron chi connectivity index (χ2n) is 5.67. The van der Waals surface area contributed by atoms with Crippen molar-refractivity contribution in [1.82, 2.24) is 14.6 Å². The first-order valence-corrected chi connectivity index (χ1v) is 9.29. The average molecular weight is 345 g/mol. The molecule has 1 aromatic heterocycles. The van der Waals surface area contributed by atoms with Gasteiger partial charge in [0.2, 0.25) is 10.0 Å². The Labute approximate surface area is 141 Å². The molecule has 1 aromatic carbocycles. The summed E-state index contributed by atoms with van der Waals surface area (Å²) in [7, 11) is -3.44. The molecule has 1 N–H and O–H groups in total. The van der Waals surface area contributed by atoms with Crippen LogP contribution in [0.25, 0.3) is 0 Å². The first-order valence-electron chi connectivity index (χ1n) is 7.85. The van der Waals surface area contributed by atoms with Crippen LogP contribution in [0.3, 0.4) is 0 Å². The van der Waals surface area contributed by atoms with Crippen molar-refractivity contribution in [2.24, 2.45) is 0 Å². The van der Waals surface area contributed by atoms with E-state index in [-0.39, 0.29) is 10.8 Å². The number of hydrogen-bond donors (Lipinski definition) is 1. The fourth-order valence-electron chi connectivity index (χ4n) is 2.64. The maximum absolute atomic E-state index is 12.4.